The van der Waals surface area contributed by atoms with Crippen molar-refractivity contribution in [1.82, 2.24) is 0 Å². The standard InChI is InChI=1S/C13H16F3NO.ClH/c1-8(2)6-11(17)10-5-4-9(13(14,15)16)7-12(10)18-3;/h4-5,7,11H,1,6,17H2,2-3H3;1H/t11-;/m0./s1. The number of halogens is 4. The minimum Gasteiger partial charge on any atom is -0.496 e. The van der Waals surface area contributed by atoms with Crippen LogP contribution in [0.15, 0.2) is 30.4 Å². The summed E-state index contributed by atoms with van der Waals surface area (Å²) in [5.41, 5.74) is 6.58. The van der Waals surface area contributed by atoms with Gasteiger partial charge in [0.05, 0.1) is 12.7 Å². The number of nitrogens with two attached hydrogens (primary N) is 1. The van der Waals surface area contributed by atoms with Crippen molar-refractivity contribution in [3.63, 3.8) is 0 Å². The molecule has 0 saturated heterocycles. The van der Waals surface area contributed by atoms with E-state index in [9.17, 15) is 13.2 Å². The van der Waals surface area contributed by atoms with Crippen LogP contribution in [0.1, 0.15) is 30.5 Å². The predicted octanol–water partition coefficient (Wildman–Crippen LogP) is 4.10. The smallest absolute Gasteiger partial charge is 0.416 e. The third kappa shape index (κ3) is 4.76. The second kappa shape index (κ2) is 6.82. The second-order valence-corrected chi connectivity index (χ2v) is 4.22. The van der Waals surface area contributed by atoms with E-state index in [1.54, 1.807) is 0 Å². The van der Waals surface area contributed by atoms with Crippen molar-refractivity contribution in [2.75, 3.05) is 7.11 Å². The molecule has 0 amide bonds. The molecular weight excluding hydrogens is 279 g/mol. The van der Waals surface area contributed by atoms with Gasteiger partial charge in [-0.05, 0) is 25.5 Å². The fourth-order valence-electron chi connectivity index (χ4n) is 1.68. The third-order valence-corrected chi connectivity index (χ3v) is 2.53. The highest BCUT2D eigenvalue weighted by atomic mass is 35.5. The van der Waals surface area contributed by atoms with Gasteiger partial charge in [-0.25, -0.2) is 0 Å². The molecule has 1 aromatic rings. The highest BCUT2D eigenvalue weighted by Gasteiger charge is 2.31. The second-order valence-electron chi connectivity index (χ2n) is 4.22. The van der Waals surface area contributed by atoms with Crippen LogP contribution in [-0.2, 0) is 6.18 Å². The summed E-state index contributed by atoms with van der Waals surface area (Å²) < 4.78 is 42.6. The molecule has 2 N–H and O–H groups in total. The van der Waals surface area contributed by atoms with Crippen LogP contribution in [0.25, 0.3) is 0 Å². The Morgan fingerprint density at radius 2 is 2.00 bits per heavy atom. The molecule has 19 heavy (non-hydrogen) atoms. The molecule has 0 radical (unpaired) electrons. The molecule has 108 valence electrons. The molecule has 0 aliphatic rings. The van der Waals surface area contributed by atoms with E-state index in [4.69, 9.17) is 10.5 Å². The monoisotopic (exact) mass is 295 g/mol. The van der Waals surface area contributed by atoms with E-state index < -0.39 is 17.8 Å². The van der Waals surface area contributed by atoms with Crippen molar-refractivity contribution in [1.29, 1.82) is 0 Å². The molecule has 1 rings (SSSR count). The zero-order valence-corrected chi connectivity index (χ0v) is 11.6. The first kappa shape index (κ1) is 17.8. The van der Waals surface area contributed by atoms with E-state index in [2.05, 4.69) is 6.58 Å². The van der Waals surface area contributed by atoms with Crippen molar-refractivity contribution in [2.24, 2.45) is 5.73 Å². The number of benzene rings is 1. The Kier molecular flexibility index (Phi) is 6.39. The van der Waals surface area contributed by atoms with Crippen LogP contribution in [0.3, 0.4) is 0 Å². The Morgan fingerprint density at radius 1 is 1.42 bits per heavy atom. The molecule has 0 aromatic heterocycles. The molecular formula is C13H17ClF3NO. The maximum absolute atomic E-state index is 12.5. The lowest BCUT2D eigenvalue weighted by Gasteiger charge is -2.17. The third-order valence-electron chi connectivity index (χ3n) is 2.53. The largest absolute Gasteiger partial charge is 0.496 e. The van der Waals surface area contributed by atoms with Crippen molar-refractivity contribution in [2.45, 2.75) is 25.6 Å². The lowest BCUT2D eigenvalue weighted by atomic mass is 9.98. The van der Waals surface area contributed by atoms with E-state index in [1.165, 1.54) is 13.2 Å². The van der Waals surface area contributed by atoms with Crippen LogP contribution in [0.5, 0.6) is 5.75 Å². The average Bonchev–Trinajstić information content (AvgIpc) is 2.26. The zero-order chi connectivity index (χ0) is 13.9. The average molecular weight is 296 g/mol. The zero-order valence-electron chi connectivity index (χ0n) is 10.8. The number of ether oxygens (including phenoxy) is 1. The number of rotatable bonds is 4. The van der Waals surface area contributed by atoms with Crippen molar-refractivity contribution in [3.05, 3.63) is 41.5 Å². The van der Waals surface area contributed by atoms with Gasteiger partial charge >= 0.3 is 6.18 Å². The van der Waals surface area contributed by atoms with Crippen LogP contribution < -0.4 is 10.5 Å². The van der Waals surface area contributed by atoms with Crippen molar-refractivity contribution in [3.8, 4) is 5.75 Å². The fraction of sp³-hybridized carbons (Fsp3) is 0.385. The number of hydrogen-bond donors (Lipinski definition) is 1. The molecule has 6 heteroatoms. The Morgan fingerprint density at radius 3 is 2.42 bits per heavy atom. The summed E-state index contributed by atoms with van der Waals surface area (Å²) in [6, 6.07) is 2.92. The van der Waals surface area contributed by atoms with Gasteiger partial charge in [0, 0.05) is 11.6 Å². The van der Waals surface area contributed by atoms with E-state index in [0.29, 0.717) is 12.0 Å². The lowest BCUT2D eigenvalue weighted by Crippen LogP contribution is -2.13. The van der Waals surface area contributed by atoms with Gasteiger partial charge < -0.3 is 10.5 Å². The van der Waals surface area contributed by atoms with Gasteiger partial charge in [0.1, 0.15) is 5.75 Å². The first-order valence-electron chi connectivity index (χ1n) is 5.40. The van der Waals surface area contributed by atoms with Crippen LogP contribution >= 0.6 is 12.4 Å². The van der Waals surface area contributed by atoms with E-state index in [-0.39, 0.29) is 18.2 Å². The summed E-state index contributed by atoms with van der Waals surface area (Å²) in [5.74, 6) is 0.151. The molecule has 1 aromatic carbocycles. The van der Waals surface area contributed by atoms with E-state index in [1.807, 2.05) is 6.92 Å². The summed E-state index contributed by atoms with van der Waals surface area (Å²) in [7, 11) is 1.33. The van der Waals surface area contributed by atoms with Gasteiger partial charge in [-0.2, -0.15) is 13.2 Å². The SMILES string of the molecule is C=C(C)C[C@H](N)c1ccc(C(F)(F)F)cc1OC.Cl. The highest BCUT2D eigenvalue weighted by Crippen LogP contribution is 2.35. The van der Waals surface area contributed by atoms with Crippen molar-refractivity contribution < 1.29 is 17.9 Å². The molecule has 1 atom stereocenters. The van der Waals surface area contributed by atoms with Crippen LogP contribution in [0.4, 0.5) is 13.2 Å². The van der Waals surface area contributed by atoms with Crippen molar-refractivity contribution >= 4 is 12.4 Å². The molecule has 0 spiro atoms. The Bertz CT molecular complexity index is 446. The van der Waals surface area contributed by atoms with E-state index in [0.717, 1.165) is 17.7 Å². The highest BCUT2D eigenvalue weighted by molar-refractivity contribution is 5.85. The number of alkyl halides is 3. The molecule has 0 aliphatic heterocycles. The Labute approximate surface area is 116 Å². The molecule has 0 fully saturated rings. The van der Waals surface area contributed by atoms with Gasteiger partial charge in [0.2, 0.25) is 0 Å². The lowest BCUT2D eigenvalue weighted by molar-refractivity contribution is -0.137. The molecule has 2 nitrogen and oxygen atoms in total. The summed E-state index contributed by atoms with van der Waals surface area (Å²) in [4.78, 5) is 0. The summed E-state index contributed by atoms with van der Waals surface area (Å²) in [5, 5.41) is 0. The van der Waals surface area contributed by atoms with Crippen LogP contribution in [0.2, 0.25) is 0 Å². The first-order valence-corrected chi connectivity index (χ1v) is 5.40. The van der Waals surface area contributed by atoms with E-state index >= 15 is 0 Å². The van der Waals surface area contributed by atoms with Crippen LogP contribution in [-0.4, -0.2) is 7.11 Å². The Balaban J connectivity index is 0.00000324. The first-order chi connectivity index (χ1) is 8.25. The topological polar surface area (TPSA) is 35.2 Å². The summed E-state index contributed by atoms with van der Waals surface area (Å²) in [6.07, 6.45) is -3.88. The predicted molar refractivity (Wildman–Crippen MR) is 71.6 cm³/mol. The minimum atomic E-state index is -4.38. The Hall–Kier alpha value is -1.20. The minimum absolute atomic E-state index is 0. The fourth-order valence-corrected chi connectivity index (χ4v) is 1.68. The quantitative estimate of drug-likeness (QED) is 0.849. The summed E-state index contributed by atoms with van der Waals surface area (Å²) >= 11 is 0. The number of methoxy groups -OCH3 is 1. The summed E-state index contributed by atoms with van der Waals surface area (Å²) in [6.45, 7) is 5.55. The number of hydrogen-bond acceptors (Lipinski definition) is 2. The van der Waals surface area contributed by atoms with Gasteiger partial charge in [0.25, 0.3) is 0 Å². The van der Waals surface area contributed by atoms with Gasteiger partial charge in [0.15, 0.2) is 0 Å². The molecule has 0 heterocycles. The van der Waals surface area contributed by atoms with Gasteiger partial charge in [-0.3, -0.25) is 0 Å². The van der Waals surface area contributed by atoms with Gasteiger partial charge in [-0.15, -0.1) is 19.0 Å². The maximum Gasteiger partial charge on any atom is 0.416 e. The maximum atomic E-state index is 12.5. The molecule has 0 aliphatic carbocycles. The molecule has 0 saturated carbocycles. The molecule has 0 unspecified atom stereocenters. The van der Waals surface area contributed by atoms with Gasteiger partial charge in [-0.1, -0.05) is 11.6 Å². The molecule has 0 bridgehead atoms. The normalized spacial score (nSPS) is 12.5. The van der Waals surface area contributed by atoms with Crippen LogP contribution in [0, 0.1) is 0 Å².